The van der Waals surface area contributed by atoms with Crippen LogP contribution in [0.15, 0.2) is 42.2 Å². The Bertz CT molecular complexity index is 866. The lowest BCUT2D eigenvalue weighted by atomic mass is 9.78. The predicted molar refractivity (Wildman–Crippen MR) is 133 cm³/mol. The molecule has 0 radical (unpaired) electrons. The molecule has 0 saturated carbocycles. The highest BCUT2D eigenvalue weighted by molar-refractivity contribution is 9.11. The Kier molecular flexibility index (Phi) is 8.35. The van der Waals surface area contributed by atoms with E-state index in [-0.39, 0.29) is 18.1 Å². The van der Waals surface area contributed by atoms with Gasteiger partial charge in [0.15, 0.2) is 0 Å². The van der Waals surface area contributed by atoms with Crippen molar-refractivity contribution >= 4 is 63.7 Å². The van der Waals surface area contributed by atoms with E-state index in [2.05, 4.69) is 102 Å². The molecule has 1 aliphatic heterocycles. The van der Waals surface area contributed by atoms with Crippen molar-refractivity contribution in [1.82, 2.24) is 0 Å². The van der Waals surface area contributed by atoms with Gasteiger partial charge < -0.3 is 19.3 Å². The Labute approximate surface area is 211 Å². The molecule has 1 saturated heterocycles. The maximum absolute atomic E-state index is 9.80. The van der Waals surface area contributed by atoms with Crippen LogP contribution in [-0.2, 0) is 10.2 Å². The zero-order chi connectivity index (χ0) is 22.1. The fourth-order valence-electron chi connectivity index (χ4n) is 2.92. The van der Waals surface area contributed by atoms with E-state index in [1.165, 1.54) is 0 Å². The van der Waals surface area contributed by atoms with Gasteiger partial charge in [0.1, 0.15) is 30.8 Å². The maximum Gasteiger partial charge on any atom is 0.147 e. The molecule has 0 aromatic heterocycles. The lowest BCUT2D eigenvalue weighted by Gasteiger charge is -2.28. The van der Waals surface area contributed by atoms with E-state index < -0.39 is 6.10 Å². The fourth-order valence-corrected chi connectivity index (χ4v) is 5.75. The van der Waals surface area contributed by atoms with Gasteiger partial charge in [-0.1, -0.05) is 20.8 Å². The topological polar surface area (TPSA) is 51.2 Å². The number of ether oxygens (including phenoxy) is 3. The van der Waals surface area contributed by atoms with Gasteiger partial charge in [-0.25, -0.2) is 0 Å². The molecule has 2 aromatic carbocycles. The van der Waals surface area contributed by atoms with Crippen LogP contribution in [0, 0.1) is 0 Å². The van der Waals surface area contributed by atoms with E-state index in [0.29, 0.717) is 18.8 Å². The number of epoxide rings is 1. The zero-order valence-corrected chi connectivity index (χ0v) is 23.3. The second kappa shape index (κ2) is 10.2. The summed E-state index contributed by atoms with van der Waals surface area (Å²) in [5, 5.41) is 9.80. The quantitative estimate of drug-likeness (QED) is 0.292. The van der Waals surface area contributed by atoms with Crippen LogP contribution in [-0.4, -0.2) is 37.1 Å². The minimum absolute atomic E-state index is 0.203. The van der Waals surface area contributed by atoms with Gasteiger partial charge in [-0.05, 0) is 106 Å². The smallest absolute Gasteiger partial charge is 0.147 e. The number of halogens is 4. The number of aliphatic hydroxyl groups excluding tert-OH is 1. The van der Waals surface area contributed by atoms with E-state index in [0.717, 1.165) is 41.4 Å². The molecule has 4 nitrogen and oxygen atoms in total. The van der Waals surface area contributed by atoms with Crippen molar-refractivity contribution in [2.24, 2.45) is 0 Å². The lowest BCUT2D eigenvalue weighted by molar-refractivity contribution is 0.103. The molecular weight excluding hydrogens is 648 g/mol. The fraction of sp³-hybridized carbons (Fsp3) is 0.455. The van der Waals surface area contributed by atoms with Crippen LogP contribution < -0.4 is 9.47 Å². The van der Waals surface area contributed by atoms with Crippen LogP contribution in [0.5, 0.6) is 11.5 Å². The van der Waals surface area contributed by atoms with Crippen molar-refractivity contribution < 1.29 is 19.3 Å². The van der Waals surface area contributed by atoms with Crippen molar-refractivity contribution in [1.29, 1.82) is 0 Å². The summed E-state index contributed by atoms with van der Waals surface area (Å²) >= 11 is 14.6. The van der Waals surface area contributed by atoms with E-state index in [9.17, 15) is 5.11 Å². The largest absolute Gasteiger partial charge is 0.489 e. The summed E-state index contributed by atoms with van der Waals surface area (Å²) in [5.41, 5.74) is 1.96. The normalized spacial score (nSPS) is 17.0. The molecule has 1 fully saturated rings. The maximum atomic E-state index is 9.80. The lowest BCUT2D eigenvalue weighted by Crippen LogP contribution is -2.20. The minimum Gasteiger partial charge on any atom is -0.489 e. The molecule has 164 valence electrons. The van der Waals surface area contributed by atoms with Gasteiger partial charge in [-0.15, -0.1) is 0 Å². The van der Waals surface area contributed by atoms with Gasteiger partial charge in [0.2, 0.25) is 0 Å². The zero-order valence-electron chi connectivity index (χ0n) is 17.0. The van der Waals surface area contributed by atoms with E-state index >= 15 is 0 Å². The highest BCUT2D eigenvalue weighted by Gasteiger charge is 2.28. The number of aliphatic hydroxyl groups is 1. The number of rotatable bonds is 9. The summed E-state index contributed by atoms with van der Waals surface area (Å²) in [5.74, 6) is 1.47. The van der Waals surface area contributed by atoms with Gasteiger partial charge >= 0.3 is 0 Å². The van der Waals surface area contributed by atoms with Gasteiger partial charge in [0.25, 0.3) is 0 Å². The van der Waals surface area contributed by atoms with Crippen LogP contribution in [0.1, 0.15) is 38.3 Å². The molecule has 3 rings (SSSR count). The molecule has 1 heterocycles. The summed E-state index contributed by atoms with van der Waals surface area (Å²) in [7, 11) is 0. The first kappa shape index (κ1) is 24.5. The molecule has 0 spiro atoms. The molecular formula is C22H24Br4O4. The van der Waals surface area contributed by atoms with Crippen LogP contribution in [0.25, 0.3) is 0 Å². The van der Waals surface area contributed by atoms with Crippen molar-refractivity contribution in [2.45, 2.75) is 44.8 Å². The minimum atomic E-state index is -0.484. The Morgan fingerprint density at radius 3 is 1.80 bits per heavy atom. The van der Waals surface area contributed by atoms with Gasteiger partial charge in [0.05, 0.1) is 30.6 Å². The Hall–Kier alpha value is -0.120. The summed E-state index contributed by atoms with van der Waals surface area (Å²) < 4.78 is 20.4. The highest BCUT2D eigenvalue weighted by atomic mass is 79.9. The van der Waals surface area contributed by atoms with Crippen molar-refractivity contribution in [3.63, 3.8) is 0 Å². The van der Waals surface area contributed by atoms with Crippen molar-refractivity contribution in [3.8, 4) is 11.5 Å². The van der Waals surface area contributed by atoms with Crippen molar-refractivity contribution in [2.75, 3.05) is 19.8 Å². The first-order valence-corrected chi connectivity index (χ1v) is 12.8. The number of benzene rings is 2. The number of hydrogen-bond acceptors (Lipinski definition) is 4. The summed E-state index contributed by atoms with van der Waals surface area (Å²) in [4.78, 5) is 0. The van der Waals surface area contributed by atoms with E-state index in [4.69, 9.17) is 14.2 Å². The average molecular weight is 672 g/mol. The van der Waals surface area contributed by atoms with E-state index in [1.54, 1.807) is 0 Å². The summed E-state index contributed by atoms with van der Waals surface area (Å²) in [6, 6.07) is 8.32. The highest BCUT2D eigenvalue weighted by Crippen LogP contribution is 2.44. The van der Waals surface area contributed by atoms with Crippen LogP contribution >= 0.6 is 63.7 Å². The van der Waals surface area contributed by atoms with Crippen LogP contribution in [0.4, 0.5) is 0 Å². The predicted octanol–water partition coefficient (Wildman–Crippen LogP) is 6.99. The van der Waals surface area contributed by atoms with Gasteiger partial charge in [-0.3, -0.25) is 0 Å². The standard InChI is InChI=1S/C22H24Br4O4/c1-4-14(27)9-29-20-16(23)5-12(6-17(20)24)22(2,3)13-7-18(25)21(19(26)8-13)30-11-15-10-28-15/h5-8,14-15,27H,4,9-11H2,1-3H3. The molecule has 2 unspecified atom stereocenters. The molecule has 0 bridgehead atoms. The molecule has 0 aliphatic carbocycles. The van der Waals surface area contributed by atoms with Crippen LogP contribution in [0.2, 0.25) is 0 Å². The molecule has 8 heteroatoms. The summed E-state index contributed by atoms with van der Waals surface area (Å²) in [6.45, 7) is 7.85. The SMILES string of the molecule is CCC(O)COc1c(Br)cc(C(C)(C)c2cc(Br)c(OCC3CO3)c(Br)c2)cc1Br. The Morgan fingerprint density at radius 2 is 1.40 bits per heavy atom. The molecule has 1 N–H and O–H groups in total. The first-order valence-electron chi connectivity index (χ1n) is 9.67. The summed E-state index contributed by atoms with van der Waals surface area (Å²) in [6.07, 6.45) is 0.368. The number of hydrogen-bond donors (Lipinski definition) is 1. The molecule has 30 heavy (non-hydrogen) atoms. The van der Waals surface area contributed by atoms with Gasteiger partial charge in [0, 0.05) is 5.41 Å². The molecule has 0 amide bonds. The van der Waals surface area contributed by atoms with Gasteiger partial charge in [-0.2, -0.15) is 0 Å². The Morgan fingerprint density at radius 1 is 0.967 bits per heavy atom. The first-order chi connectivity index (χ1) is 14.1. The second-order valence-electron chi connectivity index (χ2n) is 7.80. The van der Waals surface area contributed by atoms with E-state index in [1.807, 2.05) is 6.92 Å². The molecule has 1 aliphatic rings. The average Bonchev–Trinajstić information content (AvgIpc) is 3.50. The third-order valence-corrected chi connectivity index (χ3v) is 7.50. The monoisotopic (exact) mass is 668 g/mol. The van der Waals surface area contributed by atoms with Crippen molar-refractivity contribution in [3.05, 3.63) is 53.3 Å². The third kappa shape index (κ3) is 5.81. The van der Waals surface area contributed by atoms with Crippen LogP contribution in [0.3, 0.4) is 0 Å². The molecule has 2 atom stereocenters. The second-order valence-corrected chi connectivity index (χ2v) is 11.2. The molecule has 2 aromatic rings. The third-order valence-electron chi connectivity index (χ3n) is 5.15. The Balaban J connectivity index is 1.87.